The van der Waals surface area contributed by atoms with Crippen molar-refractivity contribution in [3.63, 3.8) is 0 Å². The van der Waals surface area contributed by atoms with Gasteiger partial charge in [0.1, 0.15) is 5.75 Å². The van der Waals surface area contributed by atoms with Gasteiger partial charge in [0, 0.05) is 29.1 Å². The molecule has 1 heterocycles. The number of anilines is 1. The monoisotopic (exact) mass is 440 g/mol. The molecule has 0 atom stereocenters. The van der Waals surface area contributed by atoms with Crippen LogP contribution in [0.3, 0.4) is 0 Å². The number of hydrogen-bond acceptors (Lipinski definition) is 3. The van der Waals surface area contributed by atoms with Crippen molar-refractivity contribution >= 4 is 52.3 Å². The third-order valence-corrected chi connectivity index (χ3v) is 5.52. The van der Waals surface area contributed by atoms with E-state index in [4.69, 9.17) is 39.5 Å². The predicted molar refractivity (Wildman–Crippen MR) is 112 cm³/mol. The zero-order valence-electron chi connectivity index (χ0n) is 15.2. The molecule has 2 aromatic carbocycles. The molecule has 0 spiro atoms. The minimum atomic E-state index is -0.201. The van der Waals surface area contributed by atoms with Gasteiger partial charge in [-0.25, -0.2) is 0 Å². The van der Waals surface area contributed by atoms with E-state index in [1.165, 1.54) is 7.11 Å². The second-order valence-electron chi connectivity index (χ2n) is 6.52. The molecular formula is C20H19Cl3N2O3. The van der Waals surface area contributed by atoms with E-state index in [0.717, 1.165) is 0 Å². The smallest absolute Gasteiger partial charge is 0.255 e. The van der Waals surface area contributed by atoms with Crippen molar-refractivity contribution in [3.8, 4) is 5.75 Å². The first-order chi connectivity index (χ1) is 13.4. The largest absolute Gasteiger partial charge is 0.495 e. The molecular weight excluding hydrogens is 423 g/mol. The maximum atomic E-state index is 12.7. The summed E-state index contributed by atoms with van der Waals surface area (Å²) in [6, 6.07) is 9.86. The van der Waals surface area contributed by atoms with E-state index in [2.05, 4.69) is 5.32 Å². The highest BCUT2D eigenvalue weighted by molar-refractivity contribution is 6.36. The molecule has 0 saturated carbocycles. The minimum absolute atomic E-state index is 0.114. The van der Waals surface area contributed by atoms with Crippen molar-refractivity contribution in [1.29, 1.82) is 0 Å². The van der Waals surface area contributed by atoms with E-state index in [0.29, 0.717) is 58.0 Å². The Labute approximate surface area is 178 Å². The van der Waals surface area contributed by atoms with E-state index < -0.39 is 0 Å². The van der Waals surface area contributed by atoms with Crippen molar-refractivity contribution < 1.29 is 14.3 Å². The number of ether oxygens (including phenoxy) is 1. The normalized spacial score (nSPS) is 14.6. The van der Waals surface area contributed by atoms with E-state index >= 15 is 0 Å². The number of carbonyl (C=O) groups excluding carboxylic acids is 2. The summed E-state index contributed by atoms with van der Waals surface area (Å²) in [6.07, 6.45) is 1.12. The second-order valence-corrected chi connectivity index (χ2v) is 7.80. The SMILES string of the molecule is COc1ccc(Cl)cc1NC(=O)C1CCN(C(=O)c2ccc(Cl)cc2Cl)CC1. The van der Waals surface area contributed by atoms with Crippen LogP contribution in [0.1, 0.15) is 23.2 Å². The Bertz CT molecular complexity index is 896. The lowest BCUT2D eigenvalue weighted by Gasteiger charge is -2.31. The van der Waals surface area contributed by atoms with Gasteiger partial charge >= 0.3 is 0 Å². The van der Waals surface area contributed by atoms with Gasteiger partial charge < -0.3 is 15.0 Å². The number of nitrogens with zero attached hydrogens (tertiary/aromatic N) is 1. The fourth-order valence-electron chi connectivity index (χ4n) is 3.19. The lowest BCUT2D eigenvalue weighted by molar-refractivity contribution is -0.121. The Kier molecular flexibility index (Phi) is 6.70. The molecule has 1 N–H and O–H groups in total. The van der Waals surface area contributed by atoms with Crippen molar-refractivity contribution in [2.24, 2.45) is 5.92 Å². The number of nitrogens with one attached hydrogen (secondary N) is 1. The van der Waals surface area contributed by atoms with Gasteiger partial charge in [0.15, 0.2) is 0 Å². The molecule has 2 aromatic rings. The third kappa shape index (κ3) is 4.72. The van der Waals surface area contributed by atoms with Crippen LogP contribution in [-0.2, 0) is 4.79 Å². The van der Waals surface area contributed by atoms with Crippen LogP contribution in [0.15, 0.2) is 36.4 Å². The first-order valence-corrected chi connectivity index (χ1v) is 9.91. The molecule has 2 amide bonds. The summed E-state index contributed by atoms with van der Waals surface area (Å²) < 4.78 is 5.26. The highest BCUT2D eigenvalue weighted by Gasteiger charge is 2.29. The van der Waals surface area contributed by atoms with E-state index in [1.807, 2.05) is 0 Å². The van der Waals surface area contributed by atoms with Crippen LogP contribution in [0.5, 0.6) is 5.75 Å². The number of carbonyl (C=O) groups is 2. The van der Waals surface area contributed by atoms with Crippen molar-refractivity contribution in [1.82, 2.24) is 4.90 Å². The fraction of sp³-hybridized carbons (Fsp3) is 0.300. The first kappa shape index (κ1) is 20.8. The molecule has 1 aliphatic heterocycles. The standard InChI is InChI=1S/C20H19Cl3N2O3/c1-28-18-5-3-14(22)11-17(18)24-19(26)12-6-8-25(9-7-12)20(27)15-4-2-13(21)10-16(15)23/h2-5,10-12H,6-9H2,1H3,(H,24,26). The van der Waals surface area contributed by atoms with Gasteiger partial charge in [-0.2, -0.15) is 0 Å². The molecule has 1 fully saturated rings. The van der Waals surface area contributed by atoms with Gasteiger partial charge in [-0.1, -0.05) is 34.8 Å². The number of methoxy groups -OCH3 is 1. The van der Waals surface area contributed by atoms with Crippen LogP contribution in [0, 0.1) is 5.92 Å². The molecule has 0 aliphatic carbocycles. The zero-order valence-corrected chi connectivity index (χ0v) is 17.4. The van der Waals surface area contributed by atoms with Crippen LogP contribution in [0.4, 0.5) is 5.69 Å². The Morgan fingerprint density at radius 1 is 1.04 bits per heavy atom. The van der Waals surface area contributed by atoms with E-state index in [-0.39, 0.29) is 17.7 Å². The van der Waals surface area contributed by atoms with Crippen LogP contribution in [-0.4, -0.2) is 36.9 Å². The number of rotatable bonds is 4. The number of amides is 2. The summed E-state index contributed by atoms with van der Waals surface area (Å²) >= 11 is 18.0. The van der Waals surface area contributed by atoms with Gasteiger partial charge in [0.2, 0.25) is 5.91 Å². The van der Waals surface area contributed by atoms with Crippen LogP contribution >= 0.6 is 34.8 Å². The van der Waals surface area contributed by atoms with Gasteiger partial charge in [-0.05, 0) is 49.2 Å². The topological polar surface area (TPSA) is 58.6 Å². The molecule has 5 nitrogen and oxygen atoms in total. The maximum Gasteiger partial charge on any atom is 0.255 e. The van der Waals surface area contributed by atoms with Gasteiger partial charge in [0.25, 0.3) is 5.91 Å². The molecule has 0 unspecified atom stereocenters. The molecule has 148 valence electrons. The highest BCUT2D eigenvalue weighted by atomic mass is 35.5. The summed E-state index contributed by atoms with van der Waals surface area (Å²) in [6.45, 7) is 0.950. The minimum Gasteiger partial charge on any atom is -0.495 e. The van der Waals surface area contributed by atoms with E-state index in [1.54, 1.807) is 41.3 Å². The molecule has 28 heavy (non-hydrogen) atoms. The van der Waals surface area contributed by atoms with Crippen LogP contribution in [0.2, 0.25) is 15.1 Å². The lowest BCUT2D eigenvalue weighted by Crippen LogP contribution is -2.41. The lowest BCUT2D eigenvalue weighted by atomic mass is 9.95. The Balaban J connectivity index is 1.61. The third-order valence-electron chi connectivity index (χ3n) is 4.73. The van der Waals surface area contributed by atoms with Crippen molar-refractivity contribution in [2.45, 2.75) is 12.8 Å². The molecule has 0 radical (unpaired) electrons. The molecule has 8 heteroatoms. The maximum absolute atomic E-state index is 12.7. The highest BCUT2D eigenvalue weighted by Crippen LogP contribution is 2.30. The van der Waals surface area contributed by atoms with Gasteiger partial charge in [-0.3, -0.25) is 9.59 Å². The number of hydrogen-bond donors (Lipinski definition) is 1. The van der Waals surface area contributed by atoms with Crippen molar-refractivity contribution in [3.05, 3.63) is 57.0 Å². The number of benzene rings is 2. The first-order valence-electron chi connectivity index (χ1n) is 8.77. The fourth-order valence-corrected chi connectivity index (χ4v) is 3.85. The number of halogens is 3. The summed E-state index contributed by atoms with van der Waals surface area (Å²) in [5, 5.41) is 4.19. The Morgan fingerprint density at radius 3 is 2.32 bits per heavy atom. The van der Waals surface area contributed by atoms with Gasteiger partial charge in [0.05, 0.1) is 23.4 Å². The number of piperidine rings is 1. The van der Waals surface area contributed by atoms with Crippen LogP contribution < -0.4 is 10.1 Å². The van der Waals surface area contributed by atoms with Crippen molar-refractivity contribution in [2.75, 3.05) is 25.5 Å². The molecule has 0 aromatic heterocycles. The predicted octanol–water partition coefficient (Wildman–Crippen LogP) is 5.15. The summed E-state index contributed by atoms with van der Waals surface area (Å²) in [7, 11) is 1.53. The number of likely N-dealkylation sites (tertiary alicyclic amines) is 1. The molecule has 0 bridgehead atoms. The quantitative estimate of drug-likeness (QED) is 0.714. The van der Waals surface area contributed by atoms with Crippen LogP contribution in [0.25, 0.3) is 0 Å². The van der Waals surface area contributed by atoms with Gasteiger partial charge in [-0.15, -0.1) is 0 Å². The molecule has 3 rings (SSSR count). The zero-order chi connectivity index (χ0) is 20.3. The summed E-state index contributed by atoms with van der Waals surface area (Å²) in [4.78, 5) is 27.0. The summed E-state index contributed by atoms with van der Waals surface area (Å²) in [5.41, 5.74) is 0.948. The summed E-state index contributed by atoms with van der Waals surface area (Å²) in [5.74, 6) is 0.0744. The second kappa shape index (κ2) is 9.03. The average Bonchev–Trinajstić information content (AvgIpc) is 2.68. The average molecular weight is 442 g/mol. The van der Waals surface area contributed by atoms with E-state index in [9.17, 15) is 9.59 Å². The molecule has 1 aliphatic rings. The Hall–Kier alpha value is -1.95. The molecule has 1 saturated heterocycles. The Morgan fingerprint density at radius 2 is 1.68 bits per heavy atom.